The van der Waals surface area contributed by atoms with Crippen molar-refractivity contribution in [3.63, 3.8) is 0 Å². The fourth-order valence-corrected chi connectivity index (χ4v) is 6.55. The highest BCUT2D eigenvalue weighted by atomic mass is 32.2. The Morgan fingerprint density at radius 2 is 1.94 bits per heavy atom. The third-order valence-corrected chi connectivity index (χ3v) is 8.76. The normalized spacial score (nSPS) is 12.1. The number of carbonyl (C=O) groups is 1. The molecule has 0 spiro atoms. The Morgan fingerprint density at radius 3 is 2.68 bits per heavy atom. The number of rotatable bonds is 10. The molecule has 9 heteroatoms. The van der Waals surface area contributed by atoms with Gasteiger partial charge in [-0.25, -0.2) is 13.4 Å². The highest BCUT2D eigenvalue weighted by Crippen LogP contribution is 2.31. The lowest BCUT2D eigenvalue weighted by atomic mass is 10.2. The Labute approximate surface area is 195 Å². The average Bonchev–Trinajstić information content (AvgIpc) is 3.12. The van der Waals surface area contributed by atoms with E-state index in [4.69, 9.17) is 0 Å². The number of hydrogen-bond donors (Lipinski definition) is 1. The topological polar surface area (TPSA) is 76.1 Å². The van der Waals surface area contributed by atoms with Gasteiger partial charge in [0, 0.05) is 22.6 Å². The van der Waals surface area contributed by atoms with Crippen molar-refractivity contribution in [2.24, 2.45) is 0 Å². The summed E-state index contributed by atoms with van der Waals surface area (Å²) in [6, 6.07) is 14.5. The molecule has 1 heterocycles. The summed E-state index contributed by atoms with van der Waals surface area (Å²) >= 11 is 5.24. The quantitative estimate of drug-likeness (QED) is 0.295. The van der Waals surface area contributed by atoms with Crippen LogP contribution < -0.4 is 5.32 Å². The van der Waals surface area contributed by atoms with Gasteiger partial charge in [-0.2, -0.15) is 11.8 Å². The lowest BCUT2D eigenvalue weighted by Crippen LogP contribution is -2.21. The minimum atomic E-state index is -3.66. The number of anilines is 1. The number of aromatic nitrogens is 1. The zero-order valence-corrected chi connectivity index (χ0v) is 20.5. The number of nitrogens with one attached hydrogen (secondary N) is 1. The Bertz CT molecular complexity index is 1160. The van der Waals surface area contributed by atoms with Crippen LogP contribution in [0.15, 0.2) is 58.3 Å². The highest BCUT2D eigenvalue weighted by Gasteiger charge is 2.14. The molecule has 0 atom stereocenters. The summed E-state index contributed by atoms with van der Waals surface area (Å²) in [6.45, 7) is 4.38. The summed E-state index contributed by atoms with van der Waals surface area (Å²) in [5.74, 6) is 0.904. The van der Waals surface area contributed by atoms with Gasteiger partial charge in [0.25, 0.3) is 0 Å². The van der Waals surface area contributed by atoms with Crippen molar-refractivity contribution < 1.29 is 13.2 Å². The molecule has 0 radical (unpaired) electrons. The lowest BCUT2D eigenvalue weighted by Gasteiger charge is -2.04. The molecule has 0 unspecified atom stereocenters. The minimum Gasteiger partial charge on any atom is -0.325 e. The number of nitrogens with zero attached hydrogens (tertiary/aromatic N) is 1. The molecule has 1 N–H and O–H groups in total. The van der Waals surface area contributed by atoms with Crippen LogP contribution in [0, 0.1) is 0 Å². The summed E-state index contributed by atoms with van der Waals surface area (Å²) in [7, 11) is -3.66. The fourth-order valence-electron chi connectivity index (χ4n) is 2.63. The van der Waals surface area contributed by atoms with Crippen molar-refractivity contribution in [1.82, 2.24) is 4.98 Å². The molecule has 0 aliphatic carbocycles. The van der Waals surface area contributed by atoms with Crippen LogP contribution in [-0.2, 0) is 14.6 Å². The van der Waals surface area contributed by atoms with Crippen molar-refractivity contribution in [3.05, 3.63) is 59.5 Å². The van der Waals surface area contributed by atoms with Crippen LogP contribution >= 0.6 is 34.9 Å². The Hall–Kier alpha value is -1.81. The van der Waals surface area contributed by atoms with Gasteiger partial charge in [0.15, 0.2) is 14.2 Å². The van der Waals surface area contributed by atoms with Gasteiger partial charge in [0.2, 0.25) is 5.91 Å². The molecule has 0 saturated carbocycles. The van der Waals surface area contributed by atoms with Gasteiger partial charge in [0.1, 0.15) is 5.75 Å². The molecule has 0 fully saturated rings. The maximum Gasteiger partial charge on any atom is 0.239 e. The van der Waals surface area contributed by atoms with Gasteiger partial charge in [0.05, 0.1) is 10.2 Å². The molecule has 1 aromatic heterocycles. The predicted molar refractivity (Wildman–Crippen MR) is 136 cm³/mol. The summed E-state index contributed by atoms with van der Waals surface area (Å²) < 4.78 is 26.4. The molecule has 31 heavy (non-hydrogen) atoms. The Kier molecular flexibility index (Phi) is 8.59. The van der Waals surface area contributed by atoms with E-state index in [0.717, 1.165) is 37.0 Å². The number of amides is 1. The summed E-state index contributed by atoms with van der Waals surface area (Å²) in [5.41, 5.74) is 2.20. The Balaban J connectivity index is 1.58. The first-order valence-corrected chi connectivity index (χ1v) is 14.3. The van der Waals surface area contributed by atoms with Crippen LogP contribution in [0.3, 0.4) is 0 Å². The third kappa shape index (κ3) is 7.99. The third-order valence-electron chi connectivity index (χ3n) is 4.01. The number of thiazole rings is 1. The molecule has 0 saturated heterocycles. The standard InChI is InChI=1S/C22H24N2O3S4/c1-16(2)28-11-12-29-22-24-19-9-8-18(14-20(19)30-22)23-21(25)15-31(26,27)13-10-17-6-4-3-5-7-17/h3-10,13-14,16H,11-12,15H2,1-2H3,(H,23,25). The van der Waals surface area contributed by atoms with Gasteiger partial charge >= 0.3 is 0 Å². The first kappa shape index (κ1) is 23.8. The molecule has 0 aliphatic rings. The van der Waals surface area contributed by atoms with Crippen molar-refractivity contribution in [3.8, 4) is 0 Å². The van der Waals surface area contributed by atoms with Crippen molar-refractivity contribution in [2.75, 3.05) is 22.6 Å². The van der Waals surface area contributed by atoms with Gasteiger partial charge in [-0.15, -0.1) is 11.3 Å². The molecular weight excluding hydrogens is 469 g/mol. The van der Waals surface area contributed by atoms with E-state index in [0.29, 0.717) is 10.9 Å². The van der Waals surface area contributed by atoms with Crippen molar-refractivity contribution in [1.29, 1.82) is 0 Å². The largest absolute Gasteiger partial charge is 0.325 e. The molecule has 0 bridgehead atoms. The van der Waals surface area contributed by atoms with Crippen LogP contribution in [0.2, 0.25) is 0 Å². The van der Waals surface area contributed by atoms with Crippen LogP contribution in [0.4, 0.5) is 5.69 Å². The second-order valence-electron chi connectivity index (χ2n) is 7.00. The minimum absolute atomic E-state index is 0.565. The maximum atomic E-state index is 12.3. The average molecular weight is 493 g/mol. The van der Waals surface area contributed by atoms with Crippen LogP contribution in [-0.4, -0.2) is 41.8 Å². The molecule has 5 nitrogen and oxygen atoms in total. The molecule has 2 aromatic carbocycles. The van der Waals surface area contributed by atoms with Crippen LogP contribution in [0.25, 0.3) is 16.3 Å². The SMILES string of the molecule is CC(C)SCCSc1nc2ccc(NC(=O)CS(=O)(=O)C=Cc3ccccc3)cc2s1. The number of carbonyl (C=O) groups excluding carboxylic acids is 1. The summed E-state index contributed by atoms with van der Waals surface area (Å²) in [6.07, 6.45) is 1.49. The van der Waals surface area contributed by atoms with Crippen LogP contribution in [0.5, 0.6) is 0 Å². The zero-order valence-electron chi connectivity index (χ0n) is 17.3. The van der Waals surface area contributed by atoms with E-state index in [1.807, 2.05) is 42.1 Å². The van der Waals surface area contributed by atoms with Crippen molar-refractivity contribution in [2.45, 2.75) is 23.4 Å². The van der Waals surface area contributed by atoms with E-state index < -0.39 is 21.5 Å². The maximum absolute atomic E-state index is 12.3. The first-order chi connectivity index (χ1) is 14.8. The number of sulfone groups is 1. The second kappa shape index (κ2) is 11.2. The second-order valence-corrected chi connectivity index (χ2v) is 12.9. The molecule has 1 amide bonds. The number of thioether (sulfide) groups is 2. The molecule has 164 valence electrons. The van der Waals surface area contributed by atoms with E-state index in [2.05, 4.69) is 24.1 Å². The molecule has 3 aromatic rings. The summed E-state index contributed by atoms with van der Waals surface area (Å²) in [4.78, 5) is 16.9. The number of hydrogen-bond acceptors (Lipinski definition) is 7. The van der Waals surface area contributed by atoms with Gasteiger partial charge in [-0.1, -0.05) is 55.9 Å². The lowest BCUT2D eigenvalue weighted by molar-refractivity contribution is -0.113. The van der Waals surface area contributed by atoms with Crippen molar-refractivity contribution >= 4 is 72.6 Å². The summed E-state index contributed by atoms with van der Waals surface area (Å²) in [5, 5.41) is 4.38. The zero-order chi connectivity index (χ0) is 22.3. The first-order valence-electron chi connectivity index (χ1n) is 9.71. The highest BCUT2D eigenvalue weighted by molar-refractivity contribution is 8.04. The van der Waals surface area contributed by atoms with Gasteiger partial charge in [-0.3, -0.25) is 4.79 Å². The van der Waals surface area contributed by atoms with E-state index in [1.165, 1.54) is 6.08 Å². The van der Waals surface area contributed by atoms with E-state index >= 15 is 0 Å². The molecular formula is C22H24N2O3S4. The number of benzene rings is 2. The Morgan fingerprint density at radius 1 is 1.16 bits per heavy atom. The number of fused-ring (bicyclic) bond motifs is 1. The van der Waals surface area contributed by atoms with Gasteiger partial charge < -0.3 is 5.32 Å². The van der Waals surface area contributed by atoms with E-state index in [1.54, 1.807) is 41.3 Å². The monoisotopic (exact) mass is 492 g/mol. The fraction of sp³-hybridized carbons (Fsp3) is 0.273. The van der Waals surface area contributed by atoms with Crippen LogP contribution in [0.1, 0.15) is 19.4 Å². The smallest absolute Gasteiger partial charge is 0.239 e. The molecule has 3 rings (SSSR count). The van der Waals surface area contributed by atoms with Gasteiger partial charge in [-0.05, 0) is 35.1 Å². The molecule has 0 aliphatic heterocycles. The van der Waals surface area contributed by atoms with E-state index in [-0.39, 0.29) is 0 Å². The predicted octanol–water partition coefficient (Wildman–Crippen LogP) is 5.55. The van der Waals surface area contributed by atoms with E-state index in [9.17, 15) is 13.2 Å².